The molecule has 6 heteroatoms. The zero-order valence-corrected chi connectivity index (χ0v) is 11.6. The lowest BCUT2D eigenvalue weighted by molar-refractivity contribution is -0.144. The zero-order chi connectivity index (χ0) is 15.0. The van der Waals surface area contributed by atoms with E-state index in [9.17, 15) is 9.59 Å². The van der Waals surface area contributed by atoms with E-state index in [2.05, 4.69) is 5.10 Å². The van der Waals surface area contributed by atoms with Gasteiger partial charge < -0.3 is 10.0 Å². The fourth-order valence-corrected chi connectivity index (χ4v) is 2.66. The first-order valence-corrected chi connectivity index (χ1v) is 6.70. The minimum absolute atomic E-state index is 0.343. The van der Waals surface area contributed by atoms with E-state index in [-0.39, 0.29) is 5.91 Å². The van der Waals surface area contributed by atoms with Crippen molar-refractivity contribution in [1.29, 1.82) is 0 Å². The van der Waals surface area contributed by atoms with Gasteiger partial charge in [0.1, 0.15) is 5.92 Å². The molecule has 1 fully saturated rings. The Hall–Kier alpha value is -2.63. The van der Waals surface area contributed by atoms with Gasteiger partial charge in [0.05, 0.1) is 5.69 Å². The number of benzene rings is 1. The third kappa shape index (κ3) is 2.29. The molecule has 0 saturated carbocycles. The highest BCUT2D eigenvalue weighted by Crippen LogP contribution is 2.29. The molecule has 1 saturated heterocycles. The van der Waals surface area contributed by atoms with E-state index in [1.165, 1.54) is 0 Å². The number of rotatable bonds is 3. The minimum atomic E-state index is -1.05. The maximum Gasteiger partial charge on any atom is 0.316 e. The summed E-state index contributed by atoms with van der Waals surface area (Å²) < 4.78 is 1.75. The van der Waals surface area contributed by atoms with Gasteiger partial charge in [0.15, 0.2) is 0 Å². The molecule has 1 amide bonds. The molecular formula is C15H15N3O3. The Morgan fingerprint density at radius 1 is 1.38 bits per heavy atom. The Morgan fingerprint density at radius 2 is 2.19 bits per heavy atom. The maximum absolute atomic E-state index is 12.1. The highest BCUT2D eigenvalue weighted by molar-refractivity contribution is 6.07. The molecule has 21 heavy (non-hydrogen) atoms. The Kier molecular flexibility index (Phi) is 3.21. The average molecular weight is 285 g/mol. The van der Waals surface area contributed by atoms with Gasteiger partial charge in [-0.1, -0.05) is 12.1 Å². The van der Waals surface area contributed by atoms with Gasteiger partial charge in [-0.15, -0.1) is 0 Å². The number of carboxylic acids is 1. The van der Waals surface area contributed by atoms with Crippen molar-refractivity contribution >= 4 is 17.6 Å². The Balaban J connectivity index is 1.93. The lowest BCUT2D eigenvalue weighted by atomic mass is 10.1. The molecule has 6 nitrogen and oxygen atoms in total. The first-order chi connectivity index (χ1) is 10.1. The normalized spacial score (nSPS) is 18.2. The summed E-state index contributed by atoms with van der Waals surface area (Å²) in [6.07, 6.45) is 2.06. The predicted molar refractivity (Wildman–Crippen MR) is 76.7 cm³/mol. The van der Waals surface area contributed by atoms with Crippen LogP contribution in [0.3, 0.4) is 0 Å². The van der Waals surface area contributed by atoms with Crippen LogP contribution in [0.1, 0.15) is 6.42 Å². The van der Waals surface area contributed by atoms with Crippen molar-refractivity contribution in [2.24, 2.45) is 13.0 Å². The van der Waals surface area contributed by atoms with E-state index in [0.29, 0.717) is 13.0 Å². The minimum Gasteiger partial charge on any atom is -0.481 e. The second-order valence-electron chi connectivity index (χ2n) is 5.06. The van der Waals surface area contributed by atoms with E-state index in [4.69, 9.17) is 5.11 Å². The van der Waals surface area contributed by atoms with Crippen molar-refractivity contribution < 1.29 is 14.7 Å². The summed E-state index contributed by atoms with van der Waals surface area (Å²) in [6.45, 7) is 0.435. The largest absolute Gasteiger partial charge is 0.481 e. The fraction of sp³-hybridized carbons (Fsp3) is 0.267. The van der Waals surface area contributed by atoms with Crippen LogP contribution in [0, 0.1) is 5.92 Å². The monoisotopic (exact) mass is 285 g/mol. The van der Waals surface area contributed by atoms with Crippen molar-refractivity contribution in [3.63, 3.8) is 0 Å². The Labute approximate surface area is 121 Å². The van der Waals surface area contributed by atoms with Crippen molar-refractivity contribution in [3.8, 4) is 11.3 Å². The molecule has 1 N–H and O–H groups in total. The van der Waals surface area contributed by atoms with Crippen LogP contribution < -0.4 is 4.90 Å². The van der Waals surface area contributed by atoms with E-state index in [1.54, 1.807) is 15.8 Å². The van der Waals surface area contributed by atoms with Crippen LogP contribution in [0.2, 0.25) is 0 Å². The van der Waals surface area contributed by atoms with Crippen molar-refractivity contribution in [2.75, 3.05) is 11.4 Å². The highest BCUT2D eigenvalue weighted by Gasteiger charge is 2.37. The van der Waals surface area contributed by atoms with Crippen LogP contribution in [0.5, 0.6) is 0 Å². The number of amides is 1. The van der Waals surface area contributed by atoms with Crippen LogP contribution in [-0.2, 0) is 16.6 Å². The van der Waals surface area contributed by atoms with E-state index >= 15 is 0 Å². The molecule has 1 unspecified atom stereocenters. The Bertz CT molecular complexity index is 708. The smallest absolute Gasteiger partial charge is 0.316 e. The number of carbonyl (C=O) groups is 2. The average Bonchev–Trinajstić information content (AvgIpc) is 3.05. The predicted octanol–water partition coefficient (Wildman–Crippen LogP) is 1.52. The van der Waals surface area contributed by atoms with Gasteiger partial charge in [-0.05, 0) is 24.6 Å². The number of carbonyl (C=O) groups excluding carboxylic acids is 1. The van der Waals surface area contributed by atoms with Gasteiger partial charge in [-0.3, -0.25) is 14.3 Å². The summed E-state index contributed by atoms with van der Waals surface area (Å²) in [7, 11) is 1.85. The standard InChI is InChI=1S/C15H15N3O3/c1-17-13(5-7-16-17)10-3-2-4-11(9-10)18-8-6-12(14(18)19)15(20)21/h2-5,7,9,12H,6,8H2,1H3,(H,20,21). The SMILES string of the molecule is Cn1nccc1-c1cccc(N2CCC(C(=O)O)C2=O)c1. The van der Waals surface area contributed by atoms with Crippen LogP contribution in [-0.4, -0.2) is 33.3 Å². The third-order valence-corrected chi connectivity index (χ3v) is 3.78. The number of nitrogens with zero attached hydrogens (tertiary/aromatic N) is 3. The lowest BCUT2D eigenvalue weighted by Gasteiger charge is -2.17. The van der Waals surface area contributed by atoms with Crippen molar-refractivity contribution in [3.05, 3.63) is 36.5 Å². The molecule has 0 radical (unpaired) electrons. The zero-order valence-electron chi connectivity index (χ0n) is 11.6. The number of carboxylic acid groups (broad SMARTS) is 1. The molecule has 1 aromatic heterocycles. The first-order valence-electron chi connectivity index (χ1n) is 6.70. The van der Waals surface area contributed by atoms with Crippen LogP contribution in [0.15, 0.2) is 36.5 Å². The van der Waals surface area contributed by atoms with E-state index in [0.717, 1.165) is 16.9 Å². The molecule has 108 valence electrons. The molecule has 0 bridgehead atoms. The molecule has 0 spiro atoms. The number of hydrogen-bond acceptors (Lipinski definition) is 3. The van der Waals surface area contributed by atoms with Crippen molar-refractivity contribution in [2.45, 2.75) is 6.42 Å². The fourth-order valence-electron chi connectivity index (χ4n) is 2.66. The molecule has 2 aromatic rings. The second-order valence-corrected chi connectivity index (χ2v) is 5.06. The summed E-state index contributed by atoms with van der Waals surface area (Å²) in [6, 6.07) is 9.40. The molecule has 1 aliphatic rings. The summed E-state index contributed by atoms with van der Waals surface area (Å²) in [5.74, 6) is -2.32. The van der Waals surface area contributed by atoms with Crippen LogP contribution >= 0.6 is 0 Å². The van der Waals surface area contributed by atoms with Gasteiger partial charge in [-0.25, -0.2) is 0 Å². The number of anilines is 1. The summed E-state index contributed by atoms with van der Waals surface area (Å²) in [5, 5.41) is 13.2. The molecular weight excluding hydrogens is 270 g/mol. The van der Waals surface area contributed by atoms with Crippen LogP contribution in [0.4, 0.5) is 5.69 Å². The highest BCUT2D eigenvalue weighted by atomic mass is 16.4. The van der Waals surface area contributed by atoms with Gasteiger partial charge >= 0.3 is 5.97 Å². The van der Waals surface area contributed by atoms with Crippen LogP contribution in [0.25, 0.3) is 11.3 Å². The topological polar surface area (TPSA) is 75.4 Å². The number of aromatic nitrogens is 2. The van der Waals surface area contributed by atoms with E-state index < -0.39 is 11.9 Å². The van der Waals surface area contributed by atoms with Gasteiger partial charge in [-0.2, -0.15) is 5.10 Å². The third-order valence-electron chi connectivity index (χ3n) is 3.78. The molecule has 3 rings (SSSR count). The molecule has 1 atom stereocenters. The van der Waals surface area contributed by atoms with Gasteiger partial charge in [0.25, 0.3) is 0 Å². The molecule has 1 aromatic carbocycles. The number of hydrogen-bond donors (Lipinski definition) is 1. The first kappa shape index (κ1) is 13.4. The van der Waals surface area contributed by atoms with Gasteiger partial charge in [0.2, 0.25) is 5.91 Å². The van der Waals surface area contributed by atoms with E-state index in [1.807, 2.05) is 37.4 Å². The molecule has 1 aliphatic heterocycles. The quantitative estimate of drug-likeness (QED) is 0.868. The molecule has 0 aliphatic carbocycles. The summed E-state index contributed by atoms with van der Waals surface area (Å²) >= 11 is 0. The second kappa shape index (κ2) is 5.05. The number of aryl methyl sites for hydroxylation is 1. The van der Waals surface area contributed by atoms with Crippen molar-refractivity contribution in [1.82, 2.24) is 9.78 Å². The number of aliphatic carboxylic acids is 1. The summed E-state index contributed by atoms with van der Waals surface area (Å²) in [5.41, 5.74) is 2.61. The molecule has 2 heterocycles. The maximum atomic E-state index is 12.1. The lowest BCUT2D eigenvalue weighted by Crippen LogP contribution is -2.30. The summed E-state index contributed by atoms with van der Waals surface area (Å²) in [4.78, 5) is 24.7. The Morgan fingerprint density at radius 3 is 2.81 bits per heavy atom. The van der Waals surface area contributed by atoms with Gasteiger partial charge in [0, 0.05) is 31.0 Å².